The zero-order valence-electron chi connectivity index (χ0n) is 17.3. The van der Waals surface area contributed by atoms with Crippen molar-refractivity contribution >= 4 is 34.8 Å². The second-order valence-electron chi connectivity index (χ2n) is 8.94. The van der Waals surface area contributed by atoms with E-state index in [2.05, 4.69) is 80.5 Å². The number of fused-ring (bicyclic) bond motifs is 3. The van der Waals surface area contributed by atoms with Gasteiger partial charge in [-0.3, -0.25) is 4.98 Å². The molecule has 2 aromatic heterocycles. The van der Waals surface area contributed by atoms with Gasteiger partial charge in [-0.05, 0) is 42.3 Å². The summed E-state index contributed by atoms with van der Waals surface area (Å²) in [7, 11) is 0.669. The number of aromatic nitrogens is 2. The predicted octanol–water partition coefficient (Wildman–Crippen LogP) is 5.15. The van der Waals surface area contributed by atoms with Crippen molar-refractivity contribution in [3.05, 3.63) is 54.0 Å². The van der Waals surface area contributed by atoms with E-state index in [1.807, 2.05) is 12.4 Å². The number of rotatable bonds is 1. The van der Waals surface area contributed by atoms with Crippen LogP contribution in [-0.4, -0.2) is 13.1 Å². The molecule has 0 amide bonds. The van der Waals surface area contributed by atoms with Gasteiger partial charge in [0.25, 0.3) is 0 Å². The molecule has 2 aromatic carbocycles. The molecule has 0 N–H and O–H groups in total. The fourth-order valence-corrected chi connectivity index (χ4v) is 5.59. The van der Waals surface area contributed by atoms with Crippen LogP contribution >= 0.6 is 0 Å². The smallest absolute Gasteiger partial charge is 0.228 e. The molecule has 140 valence electrons. The standard InChI is InChI=1S/C24H25N2OSi/c1-14-18-7-9-25-13-19(18)15(2)24-21(14)23-22-16(8-10-26(23)3)11-17(28(4,5)6)12-20(22)27-24/h7-13H,1-6H3/q+1. The molecule has 0 bridgehead atoms. The molecule has 1 aliphatic rings. The molecule has 0 aliphatic carbocycles. The maximum atomic E-state index is 6.64. The first kappa shape index (κ1) is 17.4. The van der Waals surface area contributed by atoms with Gasteiger partial charge >= 0.3 is 0 Å². The van der Waals surface area contributed by atoms with E-state index in [-0.39, 0.29) is 0 Å². The Bertz CT molecular complexity index is 1300. The van der Waals surface area contributed by atoms with Crippen LogP contribution in [0.4, 0.5) is 0 Å². The number of hydrogen-bond acceptors (Lipinski definition) is 2. The highest BCUT2D eigenvalue weighted by Crippen LogP contribution is 2.49. The van der Waals surface area contributed by atoms with E-state index in [0.29, 0.717) is 0 Å². The zero-order chi connectivity index (χ0) is 19.8. The quantitative estimate of drug-likeness (QED) is 0.295. The van der Waals surface area contributed by atoms with E-state index in [0.717, 1.165) is 17.1 Å². The molecule has 28 heavy (non-hydrogen) atoms. The predicted molar refractivity (Wildman–Crippen MR) is 118 cm³/mol. The van der Waals surface area contributed by atoms with Gasteiger partial charge in [-0.2, -0.15) is 0 Å². The molecule has 0 radical (unpaired) electrons. The van der Waals surface area contributed by atoms with Crippen molar-refractivity contribution in [3.63, 3.8) is 0 Å². The van der Waals surface area contributed by atoms with Crippen LogP contribution in [0.2, 0.25) is 19.6 Å². The van der Waals surface area contributed by atoms with E-state index in [9.17, 15) is 0 Å². The molecule has 0 spiro atoms. The summed E-state index contributed by atoms with van der Waals surface area (Å²) in [6.45, 7) is 11.5. The lowest BCUT2D eigenvalue weighted by atomic mass is 9.90. The molecule has 3 nitrogen and oxygen atoms in total. The first-order valence-corrected chi connectivity index (χ1v) is 13.3. The Kier molecular flexibility index (Phi) is 3.50. The Morgan fingerprint density at radius 1 is 1.00 bits per heavy atom. The Labute approximate surface area is 166 Å². The third kappa shape index (κ3) is 2.27. The van der Waals surface area contributed by atoms with E-state index in [1.54, 1.807) is 0 Å². The number of pyridine rings is 2. The second kappa shape index (κ2) is 5.64. The van der Waals surface area contributed by atoms with Gasteiger partial charge in [-0.1, -0.05) is 30.9 Å². The minimum atomic E-state index is -1.46. The largest absolute Gasteiger partial charge is 0.455 e. The molecule has 0 saturated heterocycles. The summed E-state index contributed by atoms with van der Waals surface area (Å²) >= 11 is 0. The van der Waals surface area contributed by atoms with Crippen LogP contribution in [-0.2, 0) is 7.05 Å². The van der Waals surface area contributed by atoms with Crippen LogP contribution in [0.15, 0.2) is 42.9 Å². The normalized spacial score (nSPS) is 12.9. The summed E-state index contributed by atoms with van der Waals surface area (Å²) in [5.74, 6) is 1.96. The zero-order valence-corrected chi connectivity index (χ0v) is 18.3. The van der Waals surface area contributed by atoms with Crippen LogP contribution < -0.4 is 14.5 Å². The van der Waals surface area contributed by atoms with Crippen molar-refractivity contribution in [1.82, 2.24) is 4.98 Å². The van der Waals surface area contributed by atoms with Crippen molar-refractivity contribution in [2.75, 3.05) is 0 Å². The SMILES string of the molecule is Cc1c2c(c(C)c3ccncc13)-c1c3c(cc([Si](C)(C)C)cc3cc[n+]1C)O2. The molecule has 4 aromatic rings. The summed E-state index contributed by atoms with van der Waals surface area (Å²) in [4.78, 5) is 4.36. The topological polar surface area (TPSA) is 26.0 Å². The summed E-state index contributed by atoms with van der Waals surface area (Å²) in [5.41, 5.74) is 4.86. The lowest BCUT2D eigenvalue weighted by Gasteiger charge is -2.26. The lowest BCUT2D eigenvalue weighted by molar-refractivity contribution is -0.659. The van der Waals surface area contributed by atoms with Gasteiger partial charge in [0, 0.05) is 29.4 Å². The van der Waals surface area contributed by atoms with Gasteiger partial charge in [0.15, 0.2) is 6.20 Å². The Hall–Kier alpha value is -2.72. The van der Waals surface area contributed by atoms with Crippen molar-refractivity contribution in [1.29, 1.82) is 0 Å². The minimum absolute atomic E-state index is 0.973. The molecule has 1 aliphatic heterocycles. The van der Waals surface area contributed by atoms with Crippen molar-refractivity contribution in [2.45, 2.75) is 33.5 Å². The summed E-state index contributed by atoms with van der Waals surface area (Å²) in [6, 6.07) is 8.98. The van der Waals surface area contributed by atoms with Crippen LogP contribution in [0.25, 0.3) is 32.8 Å². The number of benzene rings is 2. The second-order valence-corrected chi connectivity index (χ2v) is 14.0. The highest BCUT2D eigenvalue weighted by molar-refractivity contribution is 6.88. The van der Waals surface area contributed by atoms with E-state index < -0.39 is 8.07 Å². The molecular formula is C24H25N2OSi+. The molecular weight excluding hydrogens is 360 g/mol. The molecule has 0 unspecified atom stereocenters. The summed E-state index contributed by atoms with van der Waals surface area (Å²) < 4.78 is 8.88. The van der Waals surface area contributed by atoms with Gasteiger partial charge < -0.3 is 4.74 Å². The Morgan fingerprint density at radius 3 is 2.54 bits per heavy atom. The van der Waals surface area contributed by atoms with Crippen LogP contribution in [0.1, 0.15) is 11.1 Å². The Balaban J connectivity index is 1.97. The van der Waals surface area contributed by atoms with Crippen molar-refractivity contribution in [3.8, 4) is 22.8 Å². The number of hydrogen-bond donors (Lipinski definition) is 0. The van der Waals surface area contributed by atoms with Crippen molar-refractivity contribution in [2.24, 2.45) is 7.05 Å². The molecule has 4 heteroatoms. The summed E-state index contributed by atoms with van der Waals surface area (Å²) in [6.07, 6.45) is 6.01. The van der Waals surface area contributed by atoms with Gasteiger partial charge in [-0.15, -0.1) is 0 Å². The molecule has 0 atom stereocenters. The number of aryl methyl sites for hydroxylation is 3. The maximum Gasteiger partial charge on any atom is 0.228 e. The first-order valence-electron chi connectivity index (χ1n) is 9.79. The van der Waals surface area contributed by atoms with E-state index in [4.69, 9.17) is 4.74 Å². The van der Waals surface area contributed by atoms with Gasteiger partial charge in [0.05, 0.1) is 19.0 Å². The summed E-state index contributed by atoms with van der Waals surface area (Å²) in [5, 5.41) is 6.32. The molecule has 3 heterocycles. The van der Waals surface area contributed by atoms with Crippen LogP contribution in [0, 0.1) is 13.8 Å². The lowest BCUT2D eigenvalue weighted by Crippen LogP contribution is -2.38. The molecule has 0 fully saturated rings. The van der Waals surface area contributed by atoms with E-state index >= 15 is 0 Å². The third-order valence-electron chi connectivity index (χ3n) is 6.09. The molecule has 5 rings (SSSR count). The van der Waals surface area contributed by atoms with Crippen LogP contribution in [0.5, 0.6) is 11.5 Å². The monoisotopic (exact) mass is 385 g/mol. The molecule has 0 saturated carbocycles. The van der Waals surface area contributed by atoms with Gasteiger partial charge in [0.1, 0.15) is 18.5 Å². The number of nitrogens with zero attached hydrogens (tertiary/aromatic N) is 2. The highest BCUT2D eigenvalue weighted by Gasteiger charge is 2.33. The van der Waals surface area contributed by atoms with Crippen molar-refractivity contribution < 1.29 is 9.30 Å². The van der Waals surface area contributed by atoms with Crippen LogP contribution in [0.3, 0.4) is 0 Å². The number of ether oxygens (including phenoxy) is 1. The van der Waals surface area contributed by atoms with E-state index in [1.165, 1.54) is 43.6 Å². The minimum Gasteiger partial charge on any atom is -0.455 e. The van der Waals surface area contributed by atoms with Gasteiger partial charge in [-0.25, -0.2) is 4.57 Å². The first-order chi connectivity index (χ1) is 13.3. The maximum absolute atomic E-state index is 6.64. The fourth-order valence-electron chi connectivity index (χ4n) is 4.44. The Morgan fingerprint density at radius 2 is 1.79 bits per heavy atom. The average molecular weight is 386 g/mol. The van der Waals surface area contributed by atoms with Gasteiger partial charge in [0.2, 0.25) is 5.69 Å². The third-order valence-corrected chi connectivity index (χ3v) is 8.11. The highest BCUT2D eigenvalue weighted by atomic mass is 28.3. The average Bonchev–Trinajstić information content (AvgIpc) is 2.67. The fraction of sp³-hybridized carbons (Fsp3) is 0.250.